The van der Waals surface area contributed by atoms with Crippen molar-refractivity contribution in [1.29, 1.82) is 0 Å². The summed E-state index contributed by atoms with van der Waals surface area (Å²) in [4.78, 5) is 11.0. The van der Waals surface area contributed by atoms with Crippen molar-refractivity contribution in [2.75, 3.05) is 7.11 Å². The molecule has 0 amide bonds. The third-order valence-corrected chi connectivity index (χ3v) is 1.60. The minimum Gasteiger partial charge on any atom is -0.466 e. The molecule has 0 radical (unpaired) electrons. The molecule has 0 aliphatic rings. The molecule has 64 valence electrons. The van der Waals surface area contributed by atoms with Crippen LogP contribution in [0.25, 0.3) is 0 Å². The first kappa shape index (κ1) is 10.2. The second-order valence-electron chi connectivity index (χ2n) is 2.41. The number of hydrogen-bond donors (Lipinski definition) is 0. The highest BCUT2D eigenvalue weighted by Crippen LogP contribution is 2.08. The van der Waals surface area contributed by atoms with Gasteiger partial charge in [0.05, 0.1) is 7.11 Å². The number of allylic oxidation sites excluding steroid dienone is 1. The summed E-state index contributed by atoms with van der Waals surface area (Å²) in [5.41, 5.74) is 0.786. The van der Waals surface area contributed by atoms with E-state index in [9.17, 15) is 4.79 Å². The Kier molecular flexibility index (Phi) is 5.53. The van der Waals surface area contributed by atoms with E-state index in [1.807, 2.05) is 13.0 Å². The van der Waals surface area contributed by atoms with Gasteiger partial charge in [-0.1, -0.05) is 19.4 Å². The van der Waals surface area contributed by atoms with E-state index >= 15 is 0 Å². The predicted octanol–water partition coefficient (Wildman–Crippen LogP) is 2.30. The van der Waals surface area contributed by atoms with Gasteiger partial charge < -0.3 is 4.74 Å². The van der Waals surface area contributed by atoms with Gasteiger partial charge in [-0.3, -0.25) is 0 Å². The van der Waals surface area contributed by atoms with Crippen molar-refractivity contribution in [2.24, 2.45) is 0 Å². The maximum atomic E-state index is 11.0. The summed E-state index contributed by atoms with van der Waals surface area (Å²) in [7, 11) is 1.41. The highest BCUT2D eigenvalue weighted by molar-refractivity contribution is 5.88. The molecule has 0 aromatic rings. The van der Waals surface area contributed by atoms with E-state index in [0.29, 0.717) is 0 Å². The first-order valence-corrected chi connectivity index (χ1v) is 3.99. The lowest BCUT2D eigenvalue weighted by Crippen LogP contribution is -2.04. The number of unbranched alkanes of at least 4 members (excludes halogenated alkanes) is 1. The molecule has 0 bridgehead atoms. The number of ether oxygens (including phenoxy) is 1. The molecule has 2 nitrogen and oxygen atoms in total. The largest absolute Gasteiger partial charge is 0.466 e. The fourth-order valence-electron chi connectivity index (χ4n) is 0.863. The highest BCUT2D eigenvalue weighted by Gasteiger charge is 2.05. The fourth-order valence-corrected chi connectivity index (χ4v) is 0.863. The second kappa shape index (κ2) is 5.96. The molecule has 2 heteroatoms. The van der Waals surface area contributed by atoms with Crippen LogP contribution in [0.5, 0.6) is 0 Å². The van der Waals surface area contributed by atoms with Crippen molar-refractivity contribution in [3.05, 3.63) is 11.6 Å². The lowest BCUT2D eigenvalue weighted by atomic mass is 10.1. The summed E-state index contributed by atoms with van der Waals surface area (Å²) in [6.45, 7) is 3.96. The van der Waals surface area contributed by atoms with Crippen LogP contribution in [0.2, 0.25) is 0 Å². The molecule has 0 aromatic carbocycles. The molecule has 0 rings (SSSR count). The lowest BCUT2D eigenvalue weighted by molar-refractivity contribution is -0.136. The maximum Gasteiger partial charge on any atom is 0.333 e. The summed E-state index contributed by atoms with van der Waals surface area (Å²) in [6.07, 6.45) is 4.81. The number of carbonyl (C=O) groups is 1. The summed E-state index contributed by atoms with van der Waals surface area (Å²) >= 11 is 0. The highest BCUT2D eigenvalue weighted by atomic mass is 16.5. The molecular formula is C9H16O2. The number of rotatable bonds is 4. The van der Waals surface area contributed by atoms with Crippen molar-refractivity contribution in [2.45, 2.75) is 33.1 Å². The van der Waals surface area contributed by atoms with E-state index in [-0.39, 0.29) is 5.97 Å². The maximum absolute atomic E-state index is 11.0. The zero-order chi connectivity index (χ0) is 8.69. The van der Waals surface area contributed by atoms with Crippen LogP contribution < -0.4 is 0 Å². The Balaban J connectivity index is 3.87. The number of esters is 1. The second-order valence-corrected chi connectivity index (χ2v) is 2.41. The summed E-state index contributed by atoms with van der Waals surface area (Å²) in [5, 5.41) is 0. The van der Waals surface area contributed by atoms with Gasteiger partial charge >= 0.3 is 5.97 Å². The van der Waals surface area contributed by atoms with Crippen LogP contribution in [0.3, 0.4) is 0 Å². The molecule has 0 aliphatic carbocycles. The molecule has 11 heavy (non-hydrogen) atoms. The first-order valence-electron chi connectivity index (χ1n) is 3.99. The topological polar surface area (TPSA) is 26.3 Å². The van der Waals surface area contributed by atoms with Crippen LogP contribution in [-0.2, 0) is 9.53 Å². The lowest BCUT2D eigenvalue weighted by Gasteiger charge is -2.02. The Morgan fingerprint density at radius 1 is 1.55 bits per heavy atom. The van der Waals surface area contributed by atoms with Gasteiger partial charge in [0.25, 0.3) is 0 Å². The smallest absolute Gasteiger partial charge is 0.333 e. The number of carbonyl (C=O) groups excluding carboxylic acids is 1. The molecule has 0 atom stereocenters. The van der Waals surface area contributed by atoms with Gasteiger partial charge in [-0.15, -0.1) is 0 Å². The quantitative estimate of drug-likeness (QED) is 0.461. The Bertz CT molecular complexity index is 148. The third kappa shape index (κ3) is 3.81. The number of methoxy groups -OCH3 is 1. The van der Waals surface area contributed by atoms with Gasteiger partial charge in [0.2, 0.25) is 0 Å². The summed E-state index contributed by atoms with van der Waals surface area (Å²) in [6, 6.07) is 0. The van der Waals surface area contributed by atoms with Crippen molar-refractivity contribution >= 4 is 5.97 Å². The van der Waals surface area contributed by atoms with E-state index in [1.165, 1.54) is 7.11 Å². The SMILES string of the molecule is C/C=C(\CCCC)C(=O)OC. The van der Waals surface area contributed by atoms with Gasteiger partial charge in [0.15, 0.2) is 0 Å². The van der Waals surface area contributed by atoms with Crippen LogP contribution in [0.1, 0.15) is 33.1 Å². The van der Waals surface area contributed by atoms with Crippen LogP contribution in [-0.4, -0.2) is 13.1 Å². The minimum absolute atomic E-state index is 0.194. The fraction of sp³-hybridized carbons (Fsp3) is 0.667. The minimum atomic E-state index is -0.194. The predicted molar refractivity (Wildman–Crippen MR) is 45.3 cm³/mol. The molecule has 0 fully saturated rings. The van der Waals surface area contributed by atoms with Crippen molar-refractivity contribution in [1.82, 2.24) is 0 Å². The standard InChI is InChI=1S/C9H16O2/c1-4-6-7-8(5-2)9(10)11-3/h5H,4,6-7H2,1-3H3/b8-5+. The summed E-state index contributed by atoms with van der Waals surface area (Å²) < 4.78 is 4.59. The molecule has 0 heterocycles. The van der Waals surface area contributed by atoms with Gasteiger partial charge in [-0.05, 0) is 19.8 Å². The Hall–Kier alpha value is -0.790. The molecule has 0 saturated carbocycles. The Morgan fingerprint density at radius 2 is 2.18 bits per heavy atom. The van der Waals surface area contributed by atoms with Crippen molar-refractivity contribution in [3.63, 3.8) is 0 Å². The molecular weight excluding hydrogens is 140 g/mol. The molecule has 0 aliphatic heterocycles. The normalized spacial score (nSPS) is 11.4. The molecule has 0 unspecified atom stereocenters. The van der Waals surface area contributed by atoms with E-state index in [2.05, 4.69) is 11.7 Å². The zero-order valence-corrected chi connectivity index (χ0v) is 7.52. The Morgan fingerprint density at radius 3 is 2.55 bits per heavy atom. The zero-order valence-electron chi connectivity index (χ0n) is 7.52. The van der Waals surface area contributed by atoms with E-state index in [4.69, 9.17) is 0 Å². The average Bonchev–Trinajstić information content (AvgIpc) is 2.05. The number of hydrogen-bond acceptors (Lipinski definition) is 2. The van der Waals surface area contributed by atoms with E-state index in [0.717, 1.165) is 24.8 Å². The Labute approximate surface area is 68.2 Å². The van der Waals surface area contributed by atoms with E-state index < -0.39 is 0 Å². The first-order chi connectivity index (χ1) is 5.26. The van der Waals surface area contributed by atoms with Crippen LogP contribution in [0, 0.1) is 0 Å². The van der Waals surface area contributed by atoms with E-state index in [1.54, 1.807) is 0 Å². The van der Waals surface area contributed by atoms with Gasteiger partial charge in [-0.25, -0.2) is 4.79 Å². The van der Waals surface area contributed by atoms with Gasteiger partial charge in [0, 0.05) is 5.57 Å². The molecule has 0 aromatic heterocycles. The van der Waals surface area contributed by atoms with Crippen LogP contribution >= 0.6 is 0 Å². The molecule has 0 N–H and O–H groups in total. The van der Waals surface area contributed by atoms with Crippen LogP contribution in [0.4, 0.5) is 0 Å². The summed E-state index contributed by atoms with van der Waals surface area (Å²) in [5.74, 6) is -0.194. The third-order valence-electron chi connectivity index (χ3n) is 1.60. The van der Waals surface area contributed by atoms with Crippen LogP contribution in [0.15, 0.2) is 11.6 Å². The molecule has 0 spiro atoms. The van der Waals surface area contributed by atoms with Gasteiger partial charge in [0.1, 0.15) is 0 Å². The van der Waals surface area contributed by atoms with Gasteiger partial charge in [-0.2, -0.15) is 0 Å². The monoisotopic (exact) mass is 156 g/mol. The van der Waals surface area contributed by atoms with Crippen molar-refractivity contribution < 1.29 is 9.53 Å². The molecule has 0 saturated heterocycles. The van der Waals surface area contributed by atoms with Crippen molar-refractivity contribution in [3.8, 4) is 0 Å². The average molecular weight is 156 g/mol.